The molecule has 1 aromatic carbocycles. The third kappa shape index (κ3) is 6.01. The van der Waals surface area contributed by atoms with E-state index in [0.717, 1.165) is 12.8 Å². The van der Waals surface area contributed by atoms with Gasteiger partial charge < -0.3 is 9.64 Å². The lowest BCUT2D eigenvalue weighted by Crippen LogP contribution is -2.41. The first-order chi connectivity index (χ1) is 11.8. The van der Waals surface area contributed by atoms with Crippen LogP contribution in [-0.2, 0) is 24.2 Å². The molecule has 0 spiro atoms. The second kappa shape index (κ2) is 8.67. The van der Waals surface area contributed by atoms with Crippen molar-refractivity contribution in [1.82, 2.24) is 4.90 Å². The molecule has 1 saturated heterocycles. The number of hydrogen-bond donors (Lipinski definition) is 0. The SMILES string of the molecule is C[C@@H]1CCCN(C(=O)COC(=O)CCS(=O)(=O)c2ccc(Cl)cc2)C1. The predicted octanol–water partition coefficient (Wildman–Crippen LogP) is 2.31. The average molecular weight is 388 g/mol. The molecule has 0 unspecified atom stereocenters. The Hall–Kier alpha value is -1.60. The van der Waals surface area contributed by atoms with E-state index in [2.05, 4.69) is 6.92 Å². The number of halogens is 1. The molecule has 25 heavy (non-hydrogen) atoms. The van der Waals surface area contributed by atoms with Crippen molar-refractivity contribution >= 4 is 33.3 Å². The van der Waals surface area contributed by atoms with E-state index in [0.29, 0.717) is 24.0 Å². The summed E-state index contributed by atoms with van der Waals surface area (Å²) in [5.41, 5.74) is 0. The number of amides is 1. The van der Waals surface area contributed by atoms with Gasteiger partial charge in [0.2, 0.25) is 0 Å². The van der Waals surface area contributed by atoms with E-state index in [-0.39, 0.29) is 29.6 Å². The molecule has 138 valence electrons. The largest absolute Gasteiger partial charge is 0.456 e. The lowest BCUT2D eigenvalue weighted by Gasteiger charge is -2.30. The molecule has 0 aromatic heterocycles. The zero-order chi connectivity index (χ0) is 18.4. The Morgan fingerprint density at radius 2 is 1.96 bits per heavy atom. The third-order valence-electron chi connectivity index (χ3n) is 4.11. The van der Waals surface area contributed by atoms with Crippen LogP contribution in [0.2, 0.25) is 5.02 Å². The number of benzene rings is 1. The van der Waals surface area contributed by atoms with Crippen LogP contribution in [0.25, 0.3) is 0 Å². The number of nitrogens with zero attached hydrogens (tertiary/aromatic N) is 1. The van der Waals surface area contributed by atoms with Crippen molar-refractivity contribution in [3.05, 3.63) is 29.3 Å². The number of likely N-dealkylation sites (tertiary alicyclic amines) is 1. The molecule has 1 amide bonds. The van der Waals surface area contributed by atoms with Crippen LogP contribution in [0.5, 0.6) is 0 Å². The number of carbonyl (C=O) groups excluding carboxylic acids is 2. The smallest absolute Gasteiger partial charge is 0.307 e. The Bertz CT molecular complexity index is 717. The Balaban J connectivity index is 1.78. The summed E-state index contributed by atoms with van der Waals surface area (Å²) in [7, 11) is -3.59. The highest BCUT2D eigenvalue weighted by Crippen LogP contribution is 2.17. The van der Waals surface area contributed by atoms with Gasteiger partial charge in [0.1, 0.15) is 0 Å². The van der Waals surface area contributed by atoms with Crippen LogP contribution in [0.3, 0.4) is 0 Å². The van der Waals surface area contributed by atoms with E-state index in [1.54, 1.807) is 4.90 Å². The number of carbonyl (C=O) groups is 2. The molecule has 1 fully saturated rings. The first-order valence-electron chi connectivity index (χ1n) is 8.19. The summed E-state index contributed by atoms with van der Waals surface area (Å²) >= 11 is 5.73. The van der Waals surface area contributed by atoms with Crippen LogP contribution in [0.4, 0.5) is 0 Å². The minimum Gasteiger partial charge on any atom is -0.456 e. The van der Waals surface area contributed by atoms with Gasteiger partial charge in [0, 0.05) is 18.1 Å². The number of piperidine rings is 1. The van der Waals surface area contributed by atoms with Crippen molar-refractivity contribution in [3.8, 4) is 0 Å². The van der Waals surface area contributed by atoms with E-state index in [1.807, 2.05) is 0 Å². The number of rotatable bonds is 6. The molecule has 0 N–H and O–H groups in total. The van der Waals surface area contributed by atoms with E-state index in [1.165, 1.54) is 24.3 Å². The van der Waals surface area contributed by atoms with E-state index in [4.69, 9.17) is 16.3 Å². The van der Waals surface area contributed by atoms with Gasteiger partial charge in [0.15, 0.2) is 16.4 Å². The molecule has 1 aromatic rings. The standard InChI is InChI=1S/C17H22ClNO5S/c1-13-3-2-9-19(11-13)16(20)12-24-17(21)8-10-25(22,23)15-6-4-14(18)5-7-15/h4-7,13H,2-3,8-12H2,1H3/t13-/m1/s1. The van der Waals surface area contributed by atoms with Crippen molar-refractivity contribution in [2.24, 2.45) is 5.92 Å². The van der Waals surface area contributed by atoms with Crippen LogP contribution in [0.1, 0.15) is 26.2 Å². The van der Waals surface area contributed by atoms with Crippen LogP contribution >= 0.6 is 11.6 Å². The number of ether oxygens (including phenoxy) is 1. The van der Waals surface area contributed by atoms with Crippen molar-refractivity contribution in [2.45, 2.75) is 31.1 Å². The normalized spacial score (nSPS) is 18.0. The number of hydrogen-bond acceptors (Lipinski definition) is 5. The van der Waals surface area contributed by atoms with Crippen molar-refractivity contribution in [2.75, 3.05) is 25.4 Å². The summed E-state index contributed by atoms with van der Waals surface area (Å²) in [4.78, 5) is 25.6. The zero-order valence-corrected chi connectivity index (χ0v) is 15.7. The van der Waals surface area contributed by atoms with Gasteiger partial charge >= 0.3 is 5.97 Å². The summed E-state index contributed by atoms with van der Waals surface area (Å²) in [6.45, 7) is 3.08. The Morgan fingerprint density at radius 1 is 1.28 bits per heavy atom. The highest BCUT2D eigenvalue weighted by atomic mass is 35.5. The molecule has 0 aliphatic carbocycles. The van der Waals surface area contributed by atoms with Gasteiger partial charge in [-0.25, -0.2) is 8.42 Å². The second-order valence-electron chi connectivity index (χ2n) is 6.27. The van der Waals surface area contributed by atoms with Crippen LogP contribution in [-0.4, -0.2) is 50.6 Å². The van der Waals surface area contributed by atoms with E-state index >= 15 is 0 Å². The number of esters is 1. The van der Waals surface area contributed by atoms with Crippen LogP contribution < -0.4 is 0 Å². The lowest BCUT2D eigenvalue weighted by atomic mass is 10.0. The highest BCUT2D eigenvalue weighted by Gasteiger charge is 2.22. The predicted molar refractivity (Wildman–Crippen MR) is 94.1 cm³/mol. The molecule has 0 radical (unpaired) electrons. The molecule has 1 aliphatic heterocycles. The fourth-order valence-corrected chi connectivity index (χ4v) is 4.05. The fourth-order valence-electron chi connectivity index (χ4n) is 2.70. The van der Waals surface area contributed by atoms with Gasteiger partial charge in [-0.3, -0.25) is 9.59 Å². The summed E-state index contributed by atoms with van der Waals surface area (Å²) in [6, 6.07) is 5.74. The van der Waals surface area contributed by atoms with Crippen LogP contribution in [0.15, 0.2) is 29.2 Å². The molecule has 6 nitrogen and oxygen atoms in total. The maximum Gasteiger partial charge on any atom is 0.307 e. The summed E-state index contributed by atoms with van der Waals surface area (Å²) in [5.74, 6) is -0.864. The first-order valence-corrected chi connectivity index (χ1v) is 10.2. The molecular weight excluding hydrogens is 366 g/mol. The Labute approximate surface area is 153 Å². The lowest BCUT2D eigenvalue weighted by molar-refractivity contribution is -0.152. The Morgan fingerprint density at radius 3 is 2.60 bits per heavy atom. The van der Waals surface area contributed by atoms with Gasteiger partial charge in [-0.15, -0.1) is 0 Å². The molecule has 0 bridgehead atoms. The monoisotopic (exact) mass is 387 g/mol. The maximum absolute atomic E-state index is 12.1. The van der Waals surface area contributed by atoms with E-state index < -0.39 is 15.8 Å². The van der Waals surface area contributed by atoms with Crippen molar-refractivity contribution in [1.29, 1.82) is 0 Å². The highest BCUT2D eigenvalue weighted by molar-refractivity contribution is 7.91. The Kier molecular flexibility index (Phi) is 6.84. The summed E-state index contributed by atoms with van der Waals surface area (Å²) in [5, 5.41) is 0.434. The molecule has 1 aliphatic rings. The molecular formula is C17H22ClNO5S. The second-order valence-corrected chi connectivity index (χ2v) is 8.82. The molecule has 0 saturated carbocycles. The minimum absolute atomic E-state index is 0.100. The molecule has 1 heterocycles. The maximum atomic E-state index is 12.1. The summed E-state index contributed by atoms with van der Waals surface area (Å²) in [6.07, 6.45) is 1.74. The summed E-state index contributed by atoms with van der Waals surface area (Å²) < 4.78 is 29.2. The van der Waals surface area contributed by atoms with E-state index in [9.17, 15) is 18.0 Å². The van der Waals surface area contributed by atoms with Crippen molar-refractivity contribution in [3.63, 3.8) is 0 Å². The molecule has 2 rings (SSSR count). The van der Waals surface area contributed by atoms with Gasteiger partial charge in [0.05, 0.1) is 17.1 Å². The first kappa shape index (κ1) is 19.7. The molecule has 8 heteroatoms. The third-order valence-corrected chi connectivity index (χ3v) is 6.10. The van der Waals surface area contributed by atoms with Gasteiger partial charge in [0.25, 0.3) is 5.91 Å². The number of sulfone groups is 1. The quantitative estimate of drug-likeness (QED) is 0.699. The van der Waals surface area contributed by atoms with Crippen molar-refractivity contribution < 1.29 is 22.7 Å². The van der Waals surface area contributed by atoms with Gasteiger partial charge in [-0.1, -0.05) is 18.5 Å². The van der Waals surface area contributed by atoms with Gasteiger partial charge in [-0.2, -0.15) is 0 Å². The molecule has 1 atom stereocenters. The fraction of sp³-hybridized carbons (Fsp3) is 0.529. The average Bonchev–Trinajstić information content (AvgIpc) is 2.58. The minimum atomic E-state index is -3.59. The topological polar surface area (TPSA) is 80.8 Å². The van der Waals surface area contributed by atoms with Gasteiger partial charge in [-0.05, 0) is 43.0 Å². The zero-order valence-electron chi connectivity index (χ0n) is 14.1. The van der Waals surface area contributed by atoms with Crippen LogP contribution in [0, 0.1) is 5.92 Å².